The molecule has 1 amide bonds. The van der Waals surface area contributed by atoms with E-state index in [1.54, 1.807) is 6.08 Å². The molecule has 0 aromatic rings. The summed E-state index contributed by atoms with van der Waals surface area (Å²) in [7, 11) is 0. The average molecular weight is 1250 g/mol. The smallest absolute Gasteiger partial charge is 0.220 e. The van der Waals surface area contributed by atoms with E-state index in [1.807, 2.05) is 6.08 Å². The number of hydrogen-bond donors (Lipinski definition) is 12. The largest absolute Gasteiger partial charge is 0.394 e. The number of carbonyl (C=O) groups excluding carboxylic acids is 1. The van der Waals surface area contributed by atoms with Crippen molar-refractivity contribution in [2.24, 2.45) is 0 Å². The number of allylic oxidation sites excluding steroid dienone is 9. The highest BCUT2D eigenvalue weighted by atomic mass is 16.8. The van der Waals surface area contributed by atoms with E-state index in [0.717, 1.165) is 77.0 Å². The summed E-state index contributed by atoms with van der Waals surface area (Å²) in [5.74, 6) is -0.278. The molecule has 0 aromatic heterocycles. The van der Waals surface area contributed by atoms with Gasteiger partial charge in [-0.25, -0.2) is 0 Å². The van der Waals surface area contributed by atoms with Crippen LogP contribution in [0.15, 0.2) is 60.8 Å². The summed E-state index contributed by atoms with van der Waals surface area (Å²) in [6.07, 6.45) is 34.7. The lowest BCUT2D eigenvalue weighted by molar-refractivity contribution is -0.379. The van der Waals surface area contributed by atoms with Gasteiger partial charge in [0.05, 0.1) is 38.6 Å². The number of hydrogen-bond acceptors (Lipinski definition) is 18. The molecule has 0 radical (unpaired) electrons. The van der Waals surface area contributed by atoms with E-state index in [9.17, 15) is 61.0 Å². The Labute approximate surface area is 528 Å². The summed E-state index contributed by atoms with van der Waals surface area (Å²) in [6, 6.07) is -0.977. The number of amides is 1. The minimum absolute atomic E-state index is 0.239. The monoisotopic (exact) mass is 1250 g/mol. The lowest BCUT2D eigenvalue weighted by atomic mass is 9.96. The first kappa shape index (κ1) is 79.7. The topological polar surface area (TPSA) is 307 Å². The minimum Gasteiger partial charge on any atom is -0.394 e. The first-order valence-electron chi connectivity index (χ1n) is 34.5. The van der Waals surface area contributed by atoms with Gasteiger partial charge in [0, 0.05) is 6.42 Å². The molecule has 0 aliphatic carbocycles. The SMILES string of the molecule is CC/C=C\C/C=C\C/C=C\C/C=C\CCCCCCCCCCCCCCC(=O)NC(COC1OC(CO)C(OC2OC(CO)C(OC3OC(CO)C(O)C(O)C3O)C(O)C2O)C(O)C1O)C(O)/C=C/CCCCCCCCCCCCCCCCCC. The second kappa shape index (κ2) is 51.0. The highest BCUT2D eigenvalue weighted by Crippen LogP contribution is 2.33. The van der Waals surface area contributed by atoms with E-state index in [1.165, 1.54) is 135 Å². The molecular formula is C69H123NO18. The van der Waals surface area contributed by atoms with Gasteiger partial charge in [-0.15, -0.1) is 0 Å². The van der Waals surface area contributed by atoms with E-state index in [-0.39, 0.29) is 18.9 Å². The molecule has 0 spiro atoms. The zero-order valence-corrected chi connectivity index (χ0v) is 53.9. The maximum Gasteiger partial charge on any atom is 0.220 e. The van der Waals surface area contributed by atoms with Crippen LogP contribution < -0.4 is 5.32 Å². The minimum atomic E-state index is -1.98. The number of unbranched alkanes of at least 4 members (excludes halogenated alkanes) is 28. The molecule has 0 saturated carbocycles. The van der Waals surface area contributed by atoms with E-state index in [2.05, 4.69) is 67.8 Å². The molecule has 0 bridgehead atoms. The normalized spacial score (nSPS) is 28.8. The van der Waals surface area contributed by atoms with Crippen molar-refractivity contribution in [3.05, 3.63) is 60.8 Å². The maximum atomic E-state index is 13.4. The van der Waals surface area contributed by atoms with E-state index in [4.69, 9.17) is 28.4 Å². The number of carbonyl (C=O) groups is 1. The first-order valence-corrected chi connectivity index (χ1v) is 34.5. The van der Waals surface area contributed by atoms with Crippen LogP contribution in [0.2, 0.25) is 0 Å². The molecule has 0 aromatic carbocycles. The average Bonchev–Trinajstić information content (AvgIpc) is 3.70. The van der Waals surface area contributed by atoms with Crippen molar-refractivity contribution < 1.29 is 89.4 Å². The van der Waals surface area contributed by atoms with E-state index in [0.29, 0.717) is 6.42 Å². The number of ether oxygens (including phenoxy) is 6. The summed E-state index contributed by atoms with van der Waals surface area (Å²) >= 11 is 0. The third-order valence-corrected chi connectivity index (χ3v) is 17.1. The molecule has 12 N–H and O–H groups in total. The molecule has 3 fully saturated rings. The van der Waals surface area contributed by atoms with Crippen LogP contribution in [0, 0.1) is 0 Å². The predicted octanol–water partition coefficient (Wildman–Crippen LogP) is 8.77. The van der Waals surface area contributed by atoms with Gasteiger partial charge in [-0.1, -0.05) is 235 Å². The summed E-state index contributed by atoms with van der Waals surface area (Å²) in [4.78, 5) is 13.4. The number of nitrogens with one attached hydrogen (secondary N) is 1. The van der Waals surface area contributed by atoms with Gasteiger partial charge in [0.1, 0.15) is 73.2 Å². The molecule has 3 aliphatic heterocycles. The van der Waals surface area contributed by atoms with Crippen LogP contribution in [-0.4, -0.2) is 193 Å². The molecule has 19 nitrogen and oxygen atoms in total. The summed E-state index contributed by atoms with van der Waals surface area (Å²) < 4.78 is 34.3. The van der Waals surface area contributed by atoms with Crippen molar-refractivity contribution in [3.8, 4) is 0 Å². The maximum absolute atomic E-state index is 13.4. The van der Waals surface area contributed by atoms with Gasteiger partial charge in [0.25, 0.3) is 0 Å². The fourth-order valence-electron chi connectivity index (χ4n) is 11.5. The third-order valence-electron chi connectivity index (χ3n) is 17.1. The molecular weight excluding hydrogens is 1130 g/mol. The van der Waals surface area contributed by atoms with Crippen LogP contribution in [0.5, 0.6) is 0 Å². The Kier molecular flexibility index (Phi) is 46.2. The van der Waals surface area contributed by atoms with Crippen molar-refractivity contribution in [3.63, 3.8) is 0 Å². The van der Waals surface area contributed by atoms with Crippen molar-refractivity contribution in [1.82, 2.24) is 5.32 Å². The molecule has 17 unspecified atom stereocenters. The lowest BCUT2D eigenvalue weighted by Crippen LogP contribution is -2.66. The quantitative estimate of drug-likeness (QED) is 0.0200. The third kappa shape index (κ3) is 32.9. The molecule has 3 saturated heterocycles. The molecule has 3 aliphatic rings. The fraction of sp³-hybridized carbons (Fsp3) is 0.841. The summed E-state index contributed by atoms with van der Waals surface area (Å²) in [6.45, 7) is 1.63. The molecule has 17 atom stereocenters. The van der Waals surface area contributed by atoms with Crippen LogP contribution in [0.1, 0.15) is 239 Å². The zero-order chi connectivity index (χ0) is 64.0. The number of aliphatic hydroxyl groups excluding tert-OH is 11. The second-order valence-corrected chi connectivity index (χ2v) is 24.6. The van der Waals surface area contributed by atoms with Crippen LogP contribution >= 0.6 is 0 Å². The number of rotatable bonds is 52. The van der Waals surface area contributed by atoms with E-state index < -0.39 is 124 Å². The van der Waals surface area contributed by atoms with Gasteiger partial charge in [-0.3, -0.25) is 4.79 Å². The van der Waals surface area contributed by atoms with Crippen molar-refractivity contribution in [2.45, 2.75) is 343 Å². The van der Waals surface area contributed by atoms with Crippen molar-refractivity contribution in [2.75, 3.05) is 26.4 Å². The fourth-order valence-corrected chi connectivity index (χ4v) is 11.5. The van der Waals surface area contributed by atoms with Gasteiger partial charge in [0.15, 0.2) is 18.9 Å². The Morgan fingerprint density at radius 2 is 0.784 bits per heavy atom. The Balaban J connectivity index is 1.44. The Morgan fingerprint density at radius 1 is 0.420 bits per heavy atom. The second-order valence-electron chi connectivity index (χ2n) is 24.6. The lowest BCUT2D eigenvalue weighted by Gasteiger charge is -2.48. The van der Waals surface area contributed by atoms with Gasteiger partial charge in [-0.2, -0.15) is 0 Å². The van der Waals surface area contributed by atoms with Crippen molar-refractivity contribution in [1.29, 1.82) is 0 Å². The van der Waals surface area contributed by atoms with Crippen molar-refractivity contribution >= 4 is 5.91 Å². The predicted molar refractivity (Wildman–Crippen MR) is 342 cm³/mol. The summed E-state index contributed by atoms with van der Waals surface area (Å²) in [5, 5.41) is 121. The number of aliphatic hydroxyl groups is 11. The Morgan fingerprint density at radius 3 is 1.23 bits per heavy atom. The highest BCUT2D eigenvalue weighted by Gasteiger charge is 2.53. The van der Waals surface area contributed by atoms with E-state index >= 15 is 0 Å². The standard InChI is InChI=1S/C69H123NO18/c1-3-5-7-9-11-13-15-17-19-21-23-24-25-26-27-28-29-31-33-35-37-39-41-43-45-47-57(75)70-52(53(74)46-44-42-40-38-36-34-32-30-22-20-18-16-14-12-10-8-6-4-2)51-83-67-63(81)60(78)65(55(49-72)85-67)88-69-64(82)61(79)66(56(50-73)86-69)87-68-62(80)59(77)58(76)54(48-71)84-68/h5,7,11,13,17,19,23-24,44,46,52-56,58-69,71-74,76-82H,3-4,6,8-10,12,14-16,18,20-22,25-43,45,47-51H2,1-2H3,(H,70,75)/b7-5-,13-11-,19-17-,24-23-,46-44+. The van der Waals surface area contributed by atoms with Crippen LogP contribution in [-0.2, 0) is 33.2 Å². The molecule has 19 heteroatoms. The highest BCUT2D eigenvalue weighted by molar-refractivity contribution is 5.76. The Hall–Kier alpha value is -2.51. The Bertz CT molecular complexity index is 1830. The summed E-state index contributed by atoms with van der Waals surface area (Å²) in [5.41, 5.74) is 0. The molecule has 3 heterocycles. The van der Waals surface area contributed by atoms with Crippen LogP contribution in [0.4, 0.5) is 0 Å². The van der Waals surface area contributed by atoms with Gasteiger partial charge in [0.2, 0.25) is 5.91 Å². The van der Waals surface area contributed by atoms with Gasteiger partial charge < -0.3 is 89.9 Å². The molecule has 3 rings (SSSR count). The first-order chi connectivity index (χ1) is 42.8. The van der Waals surface area contributed by atoms with Crippen LogP contribution in [0.25, 0.3) is 0 Å². The van der Waals surface area contributed by atoms with Gasteiger partial charge in [-0.05, 0) is 57.8 Å². The molecule has 88 heavy (non-hydrogen) atoms. The van der Waals surface area contributed by atoms with Gasteiger partial charge >= 0.3 is 0 Å². The molecule has 512 valence electrons. The zero-order valence-electron chi connectivity index (χ0n) is 53.9. The van der Waals surface area contributed by atoms with Crippen LogP contribution in [0.3, 0.4) is 0 Å².